The lowest BCUT2D eigenvalue weighted by Gasteiger charge is -2.17. The van der Waals surface area contributed by atoms with Gasteiger partial charge in [-0.2, -0.15) is 0 Å². The van der Waals surface area contributed by atoms with Gasteiger partial charge in [-0.05, 0) is 43.7 Å². The molecule has 5 heteroatoms. The van der Waals surface area contributed by atoms with Crippen molar-refractivity contribution in [3.63, 3.8) is 0 Å². The molecule has 0 radical (unpaired) electrons. The minimum atomic E-state index is -0.431. The lowest BCUT2D eigenvalue weighted by molar-refractivity contribution is 0.321. The van der Waals surface area contributed by atoms with E-state index in [4.69, 9.17) is 16.3 Å². The van der Waals surface area contributed by atoms with Gasteiger partial charge in [0.15, 0.2) is 11.6 Å². The standard InChI is InChI=1S/C16H16ClF2NO/c1-3-21-16-7-5-12(9-15(16)19)20-10(2)13-6-4-11(18)8-14(13)17/h4-10,20H,3H2,1-2H3. The summed E-state index contributed by atoms with van der Waals surface area (Å²) in [5, 5.41) is 3.46. The predicted octanol–water partition coefficient (Wildman–Crippen LogP) is 5.19. The number of hydrogen-bond donors (Lipinski definition) is 1. The summed E-state index contributed by atoms with van der Waals surface area (Å²) >= 11 is 6.01. The molecule has 0 bridgehead atoms. The third kappa shape index (κ3) is 3.85. The molecule has 0 heterocycles. The monoisotopic (exact) mass is 311 g/mol. The highest BCUT2D eigenvalue weighted by molar-refractivity contribution is 6.31. The third-order valence-electron chi connectivity index (χ3n) is 3.04. The molecule has 1 atom stereocenters. The molecule has 112 valence electrons. The van der Waals surface area contributed by atoms with Crippen LogP contribution < -0.4 is 10.1 Å². The van der Waals surface area contributed by atoms with Gasteiger partial charge in [0.2, 0.25) is 0 Å². The molecule has 21 heavy (non-hydrogen) atoms. The van der Waals surface area contributed by atoms with Gasteiger partial charge in [-0.1, -0.05) is 17.7 Å². The number of benzene rings is 2. The Hall–Kier alpha value is -1.81. The van der Waals surface area contributed by atoms with Crippen molar-refractivity contribution < 1.29 is 13.5 Å². The van der Waals surface area contributed by atoms with E-state index in [0.29, 0.717) is 17.3 Å². The number of halogens is 3. The number of hydrogen-bond acceptors (Lipinski definition) is 2. The summed E-state index contributed by atoms with van der Waals surface area (Å²) in [4.78, 5) is 0. The van der Waals surface area contributed by atoms with Crippen molar-refractivity contribution in [3.8, 4) is 5.75 Å². The molecule has 0 aromatic heterocycles. The van der Waals surface area contributed by atoms with Gasteiger partial charge in [-0.15, -0.1) is 0 Å². The Labute approximate surface area is 127 Å². The second kappa shape index (κ2) is 6.76. The molecule has 0 amide bonds. The first-order chi connectivity index (χ1) is 10.0. The second-order valence-corrected chi connectivity index (χ2v) is 5.02. The maximum Gasteiger partial charge on any atom is 0.167 e. The molecule has 0 spiro atoms. The summed E-state index contributed by atoms with van der Waals surface area (Å²) in [5.74, 6) is -0.599. The molecule has 0 saturated heterocycles. The fourth-order valence-corrected chi connectivity index (χ4v) is 2.37. The summed E-state index contributed by atoms with van der Waals surface area (Å²) < 4.78 is 32.0. The fourth-order valence-electron chi connectivity index (χ4n) is 2.04. The first-order valence-corrected chi connectivity index (χ1v) is 7.03. The minimum Gasteiger partial charge on any atom is -0.491 e. The van der Waals surface area contributed by atoms with Crippen molar-refractivity contribution in [2.45, 2.75) is 19.9 Å². The molecular weight excluding hydrogens is 296 g/mol. The number of ether oxygens (including phenoxy) is 1. The van der Waals surface area contributed by atoms with E-state index in [1.807, 2.05) is 6.92 Å². The summed E-state index contributed by atoms with van der Waals surface area (Å²) in [6.07, 6.45) is 0. The average molecular weight is 312 g/mol. The highest BCUT2D eigenvalue weighted by atomic mass is 35.5. The smallest absolute Gasteiger partial charge is 0.167 e. The number of anilines is 1. The molecule has 2 aromatic carbocycles. The van der Waals surface area contributed by atoms with Crippen molar-refractivity contribution in [1.82, 2.24) is 0 Å². The SMILES string of the molecule is CCOc1ccc(NC(C)c2ccc(F)cc2Cl)cc1F. The summed E-state index contributed by atoms with van der Waals surface area (Å²) in [5.41, 5.74) is 1.34. The first kappa shape index (κ1) is 15.6. The van der Waals surface area contributed by atoms with Crippen molar-refractivity contribution in [2.24, 2.45) is 0 Å². The zero-order valence-electron chi connectivity index (χ0n) is 11.8. The van der Waals surface area contributed by atoms with Crippen molar-refractivity contribution in [3.05, 3.63) is 58.6 Å². The Kier molecular flexibility index (Phi) is 5.02. The second-order valence-electron chi connectivity index (χ2n) is 4.61. The molecular formula is C16H16ClF2NO. The zero-order chi connectivity index (χ0) is 15.4. The zero-order valence-corrected chi connectivity index (χ0v) is 12.5. The van der Waals surface area contributed by atoms with E-state index in [-0.39, 0.29) is 17.6 Å². The minimum absolute atomic E-state index is 0.185. The van der Waals surface area contributed by atoms with Crippen molar-refractivity contribution >= 4 is 17.3 Å². The maximum atomic E-state index is 13.8. The quantitative estimate of drug-likeness (QED) is 0.820. The van der Waals surface area contributed by atoms with Crippen LogP contribution in [0.1, 0.15) is 25.5 Å². The van der Waals surface area contributed by atoms with Gasteiger partial charge in [0.25, 0.3) is 0 Å². The molecule has 1 unspecified atom stereocenters. The summed E-state index contributed by atoms with van der Waals surface area (Å²) in [6, 6.07) is 8.68. The van der Waals surface area contributed by atoms with Crippen LogP contribution in [0.2, 0.25) is 5.02 Å². The molecule has 2 rings (SSSR count). The molecule has 0 aliphatic carbocycles. The fraction of sp³-hybridized carbons (Fsp3) is 0.250. The van der Waals surface area contributed by atoms with Crippen LogP contribution in [0.3, 0.4) is 0 Å². The highest BCUT2D eigenvalue weighted by Gasteiger charge is 2.12. The van der Waals surface area contributed by atoms with Gasteiger partial charge in [-0.25, -0.2) is 8.78 Å². The van der Waals surface area contributed by atoms with Crippen molar-refractivity contribution in [1.29, 1.82) is 0 Å². The summed E-state index contributed by atoms with van der Waals surface area (Å²) in [6.45, 7) is 4.07. The molecule has 0 aliphatic rings. The van der Waals surface area contributed by atoms with Crippen LogP contribution in [-0.4, -0.2) is 6.61 Å². The molecule has 0 fully saturated rings. The van der Waals surface area contributed by atoms with E-state index < -0.39 is 5.82 Å². The van der Waals surface area contributed by atoms with Crippen LogP contribution in [0.4, 0.5) is 14.5 Å². The van der Waals surface area contributed by atoms with Crippen LogP contribution >= 0.6 is 11.6 Å². The molecule has 1 N–H and O–H groups in total. The van der Waals surface area contributed by atoms with E-state index in [9.17, 15) is 8.78 Å². The Bertz CT molecular complexity index is 634. The van der Waals surface area contributed by atoms with Crippen LogP contribution in [0.25, 0.3) is 0 Å². The summed E-state index contributed by atoms with van der Waals surface area (Å²) in [7, 11) is 0. The number of nitrogens with one attached hydrogen (secondary N) is 1. The molecule has 0 aliphatic heterocycles. The normalized spacial score (nSPS) is 12.0. The lowest BCUT2D eigenvalue weighted by atomic mass is 10.1. The average Bonchev–Trinajstić information content (AvgIpc) is 2.41. The van der Waals surface area contributed by atoms with Gasteiger partial charge in [0, 0.05) is 22.8 Å². The van der Waals surface area contributed by atoms with Crippen LogP contribution in [0.15, 0.2) is 36.4 Å². The van der Waals surface area contributed by atoms with Gasteiger partial charge in [-0.3, -0.25) is 0 Å². The molecule has 2 nitrogen and oxygen atoms in total. The van der Waals surface area contributed by atoms with Gasteiger partial charge >= 0.3 is 0 Å². The van der Waals surface area contributed by atoms with Crippen molar-refractivity contribution in [2.75, 3.05) is 11.9 Å². The van der Waals surface area contributed by atoms with E-state index in [1.165, 1.54) is 18.2 Å². The van der Waals surface area contributed by atoms with E-state index in [1.54, 1.807) is 25.1 Å². The Morgan fingerprint density at radius 3 is 2.57 bits per heavy atom. The van der Waals surface area contributed by atoms with E-state index >= 15 is 0 Å². The molecule has 2 aromatic rings. The Morgan fingerprint density at radius 2 is 1.95 bits per heavy atom. The maximum absolute atomic E-state index is 13.8. The third-order valence-corrected chi connectivity index (χ3v) is 3.37. The first-order valence-electron chi connectivity index (χ1n) is 6.65. The van der Waals surface area contributed by atoms with Gasteiger partial charge in [0.1, 0.15) is 5.82 Å². The van der Waals surface area contributed by atoms with Gasteiger partial charge < -0.3 is 10.1 Å². The van der Waals surface area contributed by atoms with E-state index in [2.05, 4.69) is 5.32 Å². The largest absolute Gasteiger partial charge is 0.491 e. The van der Waals surface area contributed by atoms with E-state index in [0.717, 1.165) is 5.56 Å². The Morgan fingerprint density at radius 1 is 1.19 bits per heavy atom. The number of rotatable bonds is 5. The van der Waals surface area contributed by atoms with Crippen LogP contribution in [0.5, 0.6) is 5.75 Å². The van der Waals surface area contributed by atoms with Gasteiger partial charge in [0.05, 0.1) is 6.61 Å². The highest BCUT2D eigenvalue weighted by Crippen LogP contribution is 2.28. The lowest BCUT2D eigenvalue weighted by Crippen LogP contribution is -2.08. The predicted molar refractivity (Wildman–Crippen MR) is 81.0 cm³/mol. The van der Waals surface area contributed by atoms with Crippen LogP contribution in [0, 0.1) is 11.6 Å². The Balaban J connectivity index is 2.15. The topological polar surface area (TPSA) is 21.3 Å². The molecule has 0 saturated carbocycles. The van der Waals surface area contributed by atoms with Crippen LogP contribution in [-0.2, 0) is 0 Å².